The van der Waals surface area contributed by atoms with Crippen LogP contribution in [0.15, 0.2) is 18.2 Å². The molecule has 0 spiro atoms. The van der Waals surface area contributed by atoms with Gasteiger partial charge < -0.3 is 25.2 Å². The van der Waals surface area contributed by atoms with Gasteiger partial charge in [0.05, 0.1) is 12.6 Å². The zero-order valence-corrected chi connectivity index (χ0v) is 15.3. The Kier molecular flexibility index (Phi) is 6.87. The number of hydrogen-bond donors (Lipinski definition) is 2. The number of nitrogens with one attached hydrogen (secondary N) is 2. The van der Waals surface area contributed by atoms with Gasteiger partial charge in [-0.2, -0.15) is 0 Å². The van der Waals surface area contributed by atoms with Gasteiger partial charge in [-0.15, -0.1) is 0 Å². The summed E-state index contributed by atoms with van der Waals surface area (Å²) >= 11 is 0. The Balaban J connectivity index is 1.95. The van der Waals surface area contributed by atoms with Crippen molar-refractivity contribution in [3.63, 3.8) is 0 Å². The first-order valence-electron chi connectivity index (χ1n) is 8.64. The second-order valence-electron chi connectivity index (χ2n) is 6.45. The van der Waals surface area contributed by atoms with E-state index in [9.17, 15) is 4.79 Å². The maximum Gasteiger partial charge on any atom is 0.319 e. The molecule has 1 saturated heterocycles. The number of ether oxygens (including phenoxy) is 1. The number of carbonyl (C=O) groups excluding carboxylic acids is 1. The number of urea groups is 1. The maximum absolute atomic E-state index is 12.1. The van der Waals surface area contributed by atoms with Crippen molar-refractivity contribution in [3.8, 4) is 0 Å². The van der Waals surface area contributed by atoms with Gasteiger partial charge in [-0.1, -0.05) is 6.92 Å². The molecular weight excluding hydrogens is 304 g/mol. The molecule has 134 valence electrons. The highest BCUT2D eigenvalue weighted by Gasteiger charge is 2.16. The van der Waals surface area contributed by atoms with E-state index in [0.29, 0.717) is 6.61 Å². The average Bonchev–Trinajstić information content (AvgIpc) is 2.57. The van der Waals surface area contributed by atoms with Crippen LogP contribution in [0.25, 0.3) is 0 Å². The van der Waals surface area contributed by atoms with Gasteiger partial charge in [-0.3, -0.25) is 0 Å². The van der Waals surface area contributed by atoms with Gasteiger partial charge in [-0.25, -0.2) is 4.79 Å². The number of anilines is 2. The largest absolute Gasteiger partial charge is 0.383 e. The van der Waals surface area contributed by atoms with Crippen molar-refractivity contribution in [2.75, 3.05) is 57.2 Å². The number of piperazine rings is 1. The second kappa shape index (κ2) is 8.89. The van der Waals surface area contributed by atoms with E-state index in [2.05, 4.69) is 39.6 Å². The van der Waals surface area contributed by atoms with Gasteiger partial charge in [0.1, 0.15) is 0 Å². The van der Waals surface area contributed by atoms with Crippen LogP contribution in [0.3, 0.4) is 0 Å². The molecule has 0 radical (unpaired) electrons. The topological polar surface area (TPSA) is 56.8 Å². The minimum atomic E-state index is -0.186. The Morgan fingerprint density at radius 2 is 2.00 bits per heavy atom. The Bertz CT molecular complexity index is 542. The van der Waals surface area contributed by atoms with Crippen molar-refractivity contribution >= 4 is 17.4 Å². The highest BCUT2D eigenvalue weighted by molar-refractivity contribution is 5.90. The van der Waals surface area contributed by atoms with Gasteiger partial charge in [0.15, 0.2) is 0 Å². The standard InChI is InChI=1S/C18H30N4O2/c1-5-15(13-24-4)19-18(23)20-17-7-6-16(12-14(17)2)22-10-8-21(3)9-11-22/h6-7,12,15H,5,8-11,13H2,1-4H3,(H2,19,20,23). The molecule has 1 aliphatic heterocycles. The number of aryl methyl sites for hydroxylation is 1. The zero-order valence-electron chi connectivity index (χ0n) is 15.3. The van der Waals surface area contributed by atoms with Crippen molar-refractivity contribution in [2.45, 2.75) is 26.3 Å². The summed E-state index contributed by atoms with van der Waals surface area (Å²) in [5.74, 6) is 0. The quantitative estimate of drug-likeness (QED) is 0.838. The highest BCUT2D eigenvalue weighted by atomic mass is 16.5. The van der Waals surface area contributed by atoms with Crippen LogP contribution in [0.2, 0.25) is 0 Å². The first-order chi connectivity index (χ1) is 11.5. The molecule has 1 heterocycles. The summed E-state index contributed by atoms with van der Waals surface area (Å²) in [4.78, 5) is 16.9. The predicted octanol–water partition coefficient (Wildman–Crippen LogP) is 2.29. The molecule has 0 bridgehead atoms. The summed E-state index contributed by atoms with van der Waals surface area (Å²) in [6.07, 6.45) is 0.836. The third kappa shape index (κ3) is 5.11. The lowest BCUT2D eigenvalue weighted by atomic mass is 10.1. The molecule has 0 saturated carbocycles. The average molecular weight is 334 g/mol. The lowest BCUT2D eigenvalue weighted by Crippen LogP contribution is -2.44. The molecule has 2 N–H and O–H groups in total. The number of benzene rings is 1. The summed E-state index contributed by atoms with van der Waals surface area (Å²) in [5, 5.41) is 5.87. The van der Waals surface area contributed by atoms with Gasteiger partial charge in [0.2, 0.25) is 0 Å². The zero-order chi connectivity index (χ0) is 17.5. The van der Waals surface area contributed by atoms with E-state index in [1.54, 1.807) is 7.11 Å². The number of rotatable bonds is 6. The van der Waals surface area contributed by atoms with Crippen molar-refractivity contribution < 1.29 is 9.53 Å². The van der Waals surface area contributed by atoms with E-state index in [1.807, 2.05) is 19.9 Å². The van der Waals surface area contributed by atoms with Gasteiger partial charge >= 0.3 is 6.03 Å². The van der Waals surface area contributed by atoms with E-state index in [4.69, 9.17) is 4.74 Å². The lowest BCUT2D eigenvalue weighted by molar-refractivity contribution is 0.165. The fraction of sp³-hybridized carbons (Fsp3) is 0.611. The molecule has 6 heteroatoms. The van der Waals surface area contributed by atoms with Crippen LogP contribution in [-0.4, -0.2) is 63.9 Å². The van der Waals surface area contributed by atoms with Crippen molar-refractivity contribution in [3.05, 3.63) is 23.8 Å². The molecule has 2 rings (SSSR count). The minimum absolute atomic E-state index is 0.0277. The number of hydrogen-bond acceptors (Lipinski definition) is 4. The molecule has 2 amide bonds. The molecule has 24 heavy (non-hydrogen) atoms. The fourth-order valence-corrected chi connectivity index (χ4v) is 2.86. The van der Waals surface area contributed by atoms with Crippen LogP contribution in [0.4, 0.5) is 16.2 Å². The van der Waals surface area contributed by atoms with Crippen LogP contribution in [0.5, 0.6) is 0 Å². The van der Waals surface area contributed by atoms with E-state index in [-0.39, 0.29) is 12.1 Å². The van der Waals surface area contributed by atoms with Gasteiger partial charge in [-0.05, 0) is 44.2 Å². The van der Waals surface area contributed by atoms with Gasteiger partial charge in [0.25, 0.3) is 0 Å². The summed E-state index contributed by atoms with van der Waals surface area (Å²) in [6, 6.07) is 6.06. The first kappa shape index (κ1) is 18.5. The molecule has 0 aromatic heterocycles. The summed E-state index contributed by atoms with van der Waals surface area (Å²) in [5.41, 5.74) is 3.14. The SMILES string of the molecule is CCC(COC)NC(=O)Nc1ccc(N2CCN(C)CC2)cc1C. The fourth-order valence-electron chi connectivity index (χ4n) is 2.86. The molecule has 1 fully saturated rings. The monoisotopic (exact) mass is 334 g/mol. The molecular formula is C18H30N4O2. The Morgan fingerprint density at radius 3 is 2.58 bits per heavy atom. The molecule has 1 aromatic carbocycles. The molecule has 1 aromatic rings. The smallest absolute Gasteiger partial charge is 0.319 e. The normalized spacial score (nSPS) is 16.8. The van der Waals surface area contributed by atoms with Crippen LogP contribution < -0.4 is 15.5 Å². The van der Waals surface area contributed by atoms with Crippen molar-refractivity contribution in [2.24, 2.45) is 0 Å². The Morgan fingerprint density at radius 1 is 1.29 bits per heavy atom. The van der Waals surface area contributed by atoms with Crippen LogP contribution in [0, 0.1) is 6.92 Å². The summed E-state index contributed by atoms with van der Waals surface area (Å²) in [7, 11) is 3.80. The minimum Gasteiger partial charge on any atom is -0.383 e. The maximum atomic E-state index is 12.1. The lowest BCUT2D eigenvalue weighted by Gasteiger charge is -2.34. The summed E-state index contributed by atoms with van der Waals surface area (Å²) < 4.78 is 5.11. The molecule has 1 aliphatic rings. The van der Waals surface area contributed by atoms with E-state index < -0.39 is 0 Å². The highest BCUT2D eigenvalue weighted by Crippen LogP contribution is 2.23. The van der Waals surface area contributed by atoms with Crippen LogP contribution in [-0.2, 0) is 4.74 Å². The number of carbonyl (C=O) groups is 1. The number of amides is 2. The van der Waals surface area contributed by atoms with Gasteiger partial charge in [0, 0.05) is 44.7 Å². The number of likely N-dealkylation sites (N-methyl/N-ethyl adjacent to an activating group) is 1. The second-order valence-corrected chi connectivity index (χ2v) is 6.45. The van der Waals surface area contributed by atoms with Crippen molar-refractivity contribution in [1.29, 1.82) is 0 Å². The molecule has 6 nitrogen and oxygen atoms in total. The third-order valence-corrected chi connectivity index (χ3v) is 4.52. The van der Waals surface area contributed by atoms with E-state index >= 15 is 0 Å². The van der Waals surface area contributed by atoms with E-state index in [0.717, 1.165) is 43.9 Å². The molecule has 1 atom stereocenters. The number of nitrogens with zero attached hydrogens (tertiary/aromatic N) is 2. The van der Waals surface area contributed by atoms with Crippen LogP contribution in [0.1, 0.15) is 18.9 Å². The van der Waals surface area contributed by atoms with Crippen molar-refractivity contribution in [1.82, 2.24) is 10.2 Å². The number of methoxy groups -OCH3 is 1. The molecule has 1 unspecified atom stereocenters. The predicted molar refractivity (Wildman–Crippen MR) is 99.0 cm³/mol. The summed E-state index contributed by atoms with van der Waals surface area (Å²) in [6.45, 7) is 8.82. The Labute approximate surface area is 145 Å². The first-order valence-corrected chi connectivity index (χ1v) is 8.64. The Hall–Kier alpha value is -1.79. The third-order valence-electron chi connectivity index (χ3n) is 4.52. The van der Waals surface area contributed by atoms with E-state index in [1.165, 1.54) is 5.69 Å². The molecule has 0 aliphatic carbocycles. The van der Waals surface area contributed by atoms with Crippen LogP contribution >= 0.6 is 0 Å².